The van der Waals surface area contributed by atoms with E-state index in [2.05, 4.69) is 10.2 Å². The monoisotopic (exact) mass is 413 g/mol. The zero-order valence-electron chi connectivity index (χ0n) is 14.8. The zero-order valence-corrected chi connectivity index (χ0v) is 17.2. The largest absolute Gasteiger partial charge is 0.358 e. The van der Waals surface area contributed by atoms with Crippen LogP contribution in [0.1, 0.15) is 37.7 Å². The molecule has 7 heteroatoms. The summed E-state index contributed by atoms with van der Waals surface area (Å²) in [6, 6.07) is 5.46. The molecule has 1 saturated carbocycles. The summed E-state index contributed by atoms with van der Waals surface area (Å²) in [4.78, 5) is 16.8. The van der Waals surface area contributed by atoms with Crippen molar-refractivity contribution in [2.45, 2.75) is 38.6 Å². The fourth-order valence-electron chi connectivity index (χ4n) is 3.69. The topological polar surface area (TPSA) is 35.6 Å². The van der Waals surface area contributed by atoms with Gasteiger partial charge in [0.05, 0.1) is 0 Å². The Kier molecular flexibility index (Phi) is 7.01. The van der Waals surface area contributed by atoms with E-state index in [0.717, 1.165) is 44.6 Å². The predicted molar refractivity (Wildman–Crippen MR) is 111 cm³/mol. The van der Waals surface area contributed by atoms with E-state index in [0.29, 0.717) is 27.6 Å². The Bertz CT molecular complexity index is 656. The summed E-state index contributed by atoms with van der Waals surface area (Å²) >= 11 is 17.6. The Hall–Kier alpha value is -1.04. The minimum atomic E-state index is 0.243. The molecular formula is C19H25Cl2N3OS. The highest BCUT2D eigenvalue weighted by Gasteiger charge is 2.28. The van der Waals surface area contributed by atoms with Crippen LogP contribution in [0.25, 0.3) is 0 Å². The first-order valence-electron chi connectivity index (χ1n) is 9.30. The molecule has 26 heavy (non-hydrogen) atoms. The number of carbonyl (C=O) groups is 1. The van der Waals surface area contributed by atoms with Crippen molar-refractivity contribution in [3.8, 4) is 0 Å². The van der Waals surface area contributed by atoms with Gasteiger partial charge in [0.1, 0.15) is 0 Å². The van der Waals surface area contributed by atoms with Gasteiger partial charge in [-0.25, -0.2) is 0 Å². The van der Waals surface area contributed by atoms with E-state index in [1.807, 2.05) is 17.0 Å². The Labute approximate surface area is 170 Å². The van der Waals surface area contributed by atoms with Crippen LogP contribution in [0.2, 0.25) is 10.0 Å². The molecule has 0 radical (unpaired) electrons. The van der Waals surface area contributed by atoms with E-state index in [4.69, 9.17) is 35.4 Å². The molecule has 1 aliphatic carbocycles. The van der Waals surface area contributed by atoms with Gasteiger partial charge in [0.25, 0.3) is 0 Å². The zero-order chi connectivity index (χ0) is 18.5. The third-order valence-corrected chi connectivity index (χ3v) is 6.27. The van der Waals surface area contributed by atoms with Gasteiger partial charge in [0.2, 0.25) is 5.91 Å². The molecule has 1 aromatic rings. The molecule has 0 unspecified atom stereocenters. The molecule has 142 valence electrons. The minimum Gasteiger partial charge on any atom is -0.358 e. The van der Waals surface area contributed by atoms with E-state index in [-0.39, 0.29) is 5.92 Å². The normalized spacial score (nSPS) is 18.7. The lowest BCUT2D eigenvalue weighted by atomic mass is 9.88. The van der Waals surface area contributed by atoms with Crippen molar-refractivity contribution in [2.75, 3.05) is 26.2 Å². The highest BCUT2D eigenvalue weighted by molar-refractivity contribution is 7.80. The van der Waals surface area contributed by atoms with Gasteiger partial charge >= 0.3 is 0 Å². The number of thiocarbonyl (C=S) groups is 1. The second-order valence-corrected chi connectivity index (χ2v) is 8.27. The van der Waals surface area contributed by atoms with Crippen LogP contribution in [0, 0.1) is 5.92 Å². The number of hydrogen-bond acceptors (Lipinski definition) is 2. The summed E-state index contributed by atoms with van der Waals surface area (Å²) in [7, 11) is 0. The highest BCUT2D eigenvalue weighted by Crippen LogP contribution is 2.26. The van der Waals surface area contributed by atoms with Gasteiger partial charge in [-0.05, 0) is 42.8 Å². The molecule has 1 aromatic carbocycles. The minimum absolute atomic E-state index is 0.243. The van der Waals surface area contributed by atoms with E-state index >= 15 is 0 Å². The van der Waals surface area contributed by atoms with Gasteiger partial charge in [-0.3, -0.25) is 4.79 Å². The van der Waals surface area contributed by atoms with Gasteiger partial charge < -0.3 is 15.1 Å². The standard InChI is InChI=1S/C19H25Cl2N3OS/c20-16-7-6-15(17(21)12-16)13-22-19(26)24-10-8-23(9-11-24)18(25)14-4-2-1-3-5-14/h6-7,12,14H,1-5,8-11,13H2,(H,22,26). The molecule has 1 amide bonds. The molecule has 1 saturated heterocycles. The van der Waals surface area contributed by atoms with Gasteiger partial charge in [-0.1, -0.05) is 48.5 Å². The quantitative estimate of drug-likeness (QED) is 0.756. The van der Waals surface area contributed by atoms with Crippen LogP contribution in [0.15, 0.2) is 18.2 Å². The first-order valence-corrected chi connectivity index (χ1v) is 10.5. The number of hydrogen-bond donors (Lipinski definition) is 1. The summed E-state index contributed by atoms with van der Waals surface area (Å²) in [5, 5.41) is 5.23. The van der Waals surface area contributed by atoms with Crippen molar-refractivity contribution in [1.29, 1.82) is 0 Å². The Morgan fingerprint density at radius 3 is 2.38 bits per heavy atom. The molecule has 0 aromatic heterocycles. The van der Waals surface area contributed by atoms with Crippen LogP contribution in [-0.2, 0) is 11.3 Å². The van der Waals surface area contributed by atoms with Crippen molar-refractivity contribution in [3.63, 3.8) is 0 Å². The Balaban J connectivity index is 1.45. The summed E-state index contributed by atoms with van der Waals surface area (Å²) < 4.78 is 0. The number of carbonyl (C=O) groups excluding carboxylic acids is 1. The molecule has 0 atom stereocenters. The van der Waals surface area contributed by atoms with E-state index in [1.165, 1.54) is 19.3 Å². The third kappa shape index (κ3) is 5.02. The summed E-state index contributed by atoms with van der Waals surface area (Å²) in [5.74, 6) is 0.587. The second-order valence-electron chi connectivity index (χ2n) is 7.04. The first-order chi connectivity index (χ1) is 12.5. The molecule has 0 spiro atoms. The van der Waals surface area contributed by atoms with Crippen LogP contribution < -0.4 is 5.32 Å². The molecular weight excluding hydrogens is 389 g/mol. The van der Waals surface area contributed by atoms with Gasteiger partial charge in [0.15, 0.2) is 5.11 Å². The molecule has 4 nitrogen and oxygen atoms in total. The first kappa shape index (κ1) is 19.7. The number of piperazine rings is 1. The highest BCUT2D eigenvalue weighted by atomic mass is 35.5. The van der Waals surface area contributed by atoms with Crippen molar-refractivity contribution in [3.05, 3.63) is 33.8 Å². The van der Waals surface area contributed by atoms with Gasteiger partial charge in [0, 0.05) is 48.7 Å². The number of rotatable bonds is 3. The average Bonchev–Trinajstić information content (AvgIpc) is 2.67. The van der Waals surface area contributed by atoms with Gasteiger partial charge in [-0.15, -0.1) is 0 Å². The predicted octanol–water partition coefficient (Wildman–Crippen LogP) is 4.09. The molecule has 2 fully saturated rings. The SMILES string of the molecule is O=C(C1CCCCC1)N1CCN(C(=S)NCc2ccc(Cl)cc2Cl)CC1. The molecule has 3 rings (SSSR count). The van der Waals surface area contributed by atoms with Crippen LogP contribution in [0.5, 0.6) is 0 Å². The summed E-state index contributed by atoms with van der Waals surface area (Å²) in [6.45, 7) is 3.62. The maximum absolute atomic E-state index is 12.6. The fourth-order valence-corrected chi connectivity index (χ4v) is 4.42. The Morgan fingerprint density at radius 2 is 1.73 bits per heavy atom. The van der Waals surface area contributed by atoms with Crippen LogP contribution in [0.4, 0.5) is 0 Å². The third-order valence-electron chi connectivity index (χ3n) is 5.28. The lowest BCUT2D eigenvalue weighted by Crippen LogP contribution is -2.54. The Morgan fingerprint density at radius 1 is 1.08 bits per heavy atom. The maximum Gasteiger partial charge on any atom is 0.225 e. The fraction of sp³-hybridized carbons (Fsp3) is 0.579. The smallest absolute Gasteiger partial charge is 0.225 e. The molecule has 1 N–H and O–H groups in total. The van der Waals surface area contributed by atoms with Gasteiger partial charge in [-0.2, -0.15) is 0 Å². The summed E-state index contributed by atoms with van der Waals surface area (Å²) in [6.07, 6.45) is 5.77. The van der Waals surface area contributed by atoms with Crippen LogP contribution >= 0.6 is 35.4 Å². The lowest BCUT2D eigenvalue weighted by molar-refractivity contribution is -0.137. The maximum atomic E-state index is 12.6. The molecule has 1 heterocycles. The average molecular weight is 414 g/mol. The lowest BCUT2D eigenvalue weighted by Gasteiger charge is -2.38. The summed E-state index contributed by atoms with van der Waals surface area (Å²) in [5.41, 5.74) is 0.963. The van der Waals surface area contributed by atoms with Crippen molar-refractivity contribution in [2.24, 2.45) is 5.92 Å². The number of benzene rings is 1. The van der Waals surface area contributed by atoms with Crippen molar-refractivity contribution >= 4 is 46.4 Å². The van der Waals surface area contributed by atoms with Crippen LogP contribution in [-0.4, -0.2) is 47.0 Å². The van der Waals surface area contributed by atoms with Crippen molar-refractivity contribution in [1.82, 2.24) is 15.1 Å². The van der Waals surface area contributed by atoms with Crippen LogP contribution in [0.3, 0.4) is 0 Å². The molecule has 1 aliphatic heterocycles. The number of nitrogens with one attached hydrogen (secondary N) is 1. The number of amides is 1. The number of nitrogens with zero attached hydrogens (tertiary/aromatic N) is 2. The van der Waals surface area contributed by atoms with Crippen molar-refractivity contribution < 1.29 is 4.79 Å². The molecule has 2 aliphatic rings. The van der Waals surface area contributed by atoms with E-state index in [9.17, 15) is 4.79 Å². The molecule has 0 bridgehead atoms. The number of halogens is 2. The second kappa shape index (κ2) is 9.25. The van der Waals surface area contributed by atoms with E-state index in [1.54, 1.807) is 6.07 Å². The van der Waals surface area contributed by atoms with E-state index < -0.39 is 0 Å².